The monoisotopic (exact) mass is 416 g/mol. The van der Waals surface area contributed by atoms with Crippen LogP contribution in [0, 0.1) is 5.82 Å². The maximum atomic E-state index is 14.0. The molecule has 2 N–H and O–H groups in total. The molecule has 30 heavy (non-hydrogen) atoms. The topological polar surface area (TPSA) is 58.1 Å². The summed E-state index contributed by atoms with van der Waals surface area (Å²) in [5, 5.41) is 6.67. The molecule has 2 aromatic carbocycles. The molecule has 0 saturated heterocycles. The fourth-order valence-corrected chi connectivity index (χ4v) is 3.14. The van der Waals surface area contributed by atoms with Crippen molar-refractivity contribution in [3.8, 4) is 11.5 Å². The van der Waals surface area contributed by atoms with E-state index in [0.29, 0.717) is 24.6 Å². The molecule has 2 rings (SSSR count). The summed E-state index contributed by atoms with van der Waals surface area (Å²) >= 11 is 0. The van der Waals surface area contributed by atoms with E-state index < -0.39 is 0 Å². The number of ether oxygens (including phenoxy) is 2. The second-order valence-electron chi connectivity index (χ2n) is 7.33. The van der Waals surface area contributed by atoms with Crippen molar-refractivity contribution < 1.29 is 13.9 Å². The number of nitrogens with one attached hydrogen (secondary N) is 2. The summed E-state index contributed by atoms with van der Waals surface area (Å²) < 4.78 is 24.9. The molecule has 0 saturated carbocycles. The maximum absolute atomic E-state index is 14.0. The van der Waals surface area contributed by atoms with Gasteiger partial charge in [0.25, 0.3) is 0 Å². The average molecular weight is 417 g/mol. The van der Waals surface area contributed by atoms with E-state index in [-0.39, 0.29) is 11.9 Å². The third-order valence-corrected chi connectivity index (χ3v) is 4.62. The van der Waals surface area contributed by atoms with Gasteiger partial charge in [0.1, 0.15) is 17.3 Å². The normalized spacial score (nSPS) is 12.6. The molecular weight excluding hydrogens is 383 g/mol. The summed E-state index contributed by atoms with van der Waals surface area (Å²) in [5.74, 6) is 2.02. The van der Waals surface area contributed by atoms with E-state index in [4.69, 9.17) is 9.47 Å². The molecule has 0 fully saturated rings. The van der Waals surface area contributed by atoms with Crippen LogP contribution in [-0.4, -0.2) is 45.7 Å². The first-order chi connectivity index (χ1) is 14.4. The minimum Gasteiger partial charge on any atom is -0.497 e. The van der Waals surface area contributed by atoms with E-state index in [0.717, 1.165) is 29.2 Å². The van der Waals surface area contributed by atoms with Crippen LogP contribution in [0.25, 0.3) is 0 Å². The standard InChI is InChI=1S/C23H33FN4O2/c1-7-25-23(26-14-17-8-10-21(24)18(12-17)15-28(3)4)27-16(2)20-13-19(29-5)9-11-22(20)30-6/h8-13,16H,7,14-15H2,1-6H3,(H2,25,26,27). The van der Waals surface area contributed by atoms with Gasteiger partial charge in [0, 0.05) is 24.2 Å². The first-order valence-corrected chi connectivity index (χ1v) is 10.1. The molecule has 0 radical (unpaired) electrons. The van der Waals surface area contributed by atoms with Gasteiger partial charge in [0.15, 0.2) is 5.96 Å². The summed E-state index contributed by atoms with van der Waals surface area (Å²) in [6.07, 6.45) is 0. The summed E-state index contributed by atoms with van der Waals surface area (Å²) in [7, 11) is 7.14. The van der Waals surface area contributed by atoms with Gasteiger partial charge in [0.05, 0.1) is 26.8 Å². The molecule has 164 valence electrons. The van der Waals surface area contributed by atoms with Crippen molar-refractivity contribution in [3.05, 3.63) is 58.9 Å². The molecule has 0 aromatic heterocycles. The third kappa shape index (κ3) is 6.62. The van der Waals surface area contributed by atoms with Gasteiger partial charge in [-0.3, -0.25) is 0 Å². The Hall–Kier alpha value is -2.80. The van der Waals surface area contributed by atoms with Crippen LogP contribution in [0.3, 0.4) is 0 Å². The first-order valence-electron chi connectivity index (χ1n) is 10.1. The Morgan fingerprint density at radius 3 is 2.53 bits per heavy atom. The summed E-state index contributed by atoms with van der Waals surface area (Å²) in [5.41, 5.74) is 2.59. The molecule has 0 aliphatic carbocycles. The minimum atomic E-state index is -0.194. The Morgan fingerprint density at radius 1 is 1.13 bits per heavy atom. The van der Waals surface area contributed by atoms with Crippen LogP contribution in [0.4, 0.5) is 4.39 Å². The number of hydrogen-bond acceptors (Lipinski definition) is 4. The van der Waals surface area contributed by atoms with Crippen LogP contribution in [0.15, 0.2) is 41.4 Å². The number of benzene rings is 2. The smallest absolute Gasteiger partial charge is 0.192 e. The average Bonchev–Trinajstić information content (AvgIpc) is 2.73. The second-order valence-corrected chi connectivity index (χ2v) is 7.33. The van der Waals surface area contributed by atoms with Crippen molar-refractivity contribution in [2.75, 3.05) is 34.9 Å². The van der Waals surface area contributed by atoms with Gasteiger partial charge in [-0.2, -0.15) is 0 Å². The molecule has 2 aromatic rings. The Balaban J connectivity index is 2.19. The number of methoxy groups -OCH3 is 2. The number of guanidine groups is 1. The van der Waals surface area contributed by atoms with Gasteiger partial charge in [0.2, 0.25) is 0 Å². The number of aliphatic imine (C=N–C) groups is 1. The predicted molar refractivity (Wildman–Crippen MR) is 120 cm³/mol. The van der Waals surface area contributed by atoms with E-state index >= 15 is 0 Å². The largest absolute Gasteiger partial charge is 0.497 e. The fourth-order valence-electron chi connectivity index (χ4n) is 3.14. The molecule has 1 atom stereocenters. The predicted octanol–water partition coefficient (Wildman–Crippen LogP) is 3.72. The van der Waals surface area contributed by atoms with Crippen molar-refractivity contribution in [1.29, 1.82) is 0 Å². The molecule has 0 spiro atoms. The summed E-state index contributed by atoms with van der Waals surface area (Å²) in [6, 6.07) is 10.8. The van der Waals surface area contributed by atoms with Crippen molar-refractivity contribution in [2.45, 2.75) is 33.0 Å². The SMILES string of the molecule is CCNC(=NCc1ccc(F)c(CN(C)C)c1)NC(C)c1cc(OC)ccc1OC. The van der Waals surface area contributed by atoms with E-state index in [2.05, 4.69) is 15.6 Å². The van der Waals surface area contributed by atoms with Crippen LogP contribution >= 0.6 is 0 Å². The Morgan fingerprint density at radius 2 is 1.90 bits per heavy atom. The van der Waals surface area contributed by atoms with Gasteiger partial charge in [-0.25, -0.2) is 9.38 Å². The molecule has 7 heteroatoms. The maximum Gasteiger partial charge on any atom is 0.192 e. The molecule has 0 heterocycles. The second kappa shape index (κ2) is 11.4. The number of hydrogen-bond donors (Lipinski definition) is 2. The van der Waals surface area contributed by atoms with Crippen LogP contribution < -0.4 is 20.1 Å². The van der Waals surface area contributed by atoms with E-state index in [1.165, 1.54) is 6.07 Å². The van der Waals surface area contributed by atoms with Crippen molar-refractivity contribution >= 4 is 5.96 Å². The third-order valence-electron chi connectivity index (χ3n) is 4.62. The van der Waals surface area contributed by atoms with Crippen LogP contribution in [-0.2, 0) is 13.1 Å². The zero-order chi connectivity index (χ0) is 22.1. The van der Waals surface area contributed by atoms with Crippen molar-refractivity contribution in [3.63, 3.8) is 0 Å². The van der Waals surface area contributed by atoms with Gasteiger partial charge in [-0.15, -0.1) is 0 Å². The first kappa shape index (κ1) is 23.5. The van der Waals surface area contributed by atoms with Gasteiger partial charge in [-0.05, 0) is 63.8 Å². The molecule has 0 bridgehead atoms. The Kier molecular flexibility index (Phi) is 8.92. The van der Waals surface area contributed by atoms with Crippen LogP contribution in [0.5, 0.6) is 11.5 Å². The Bertz CT molecular complexity index is 855. The fraction of sp³-hybridized carbons (Fsp3) is 0.435. The van der Waals surface area contributed by atoms with Crippen LogP contribution in [0.1, 0.15) is 36.6 Å². The molecular formula is C23H33FN4O2. The lowest BCUT2D eigenvalue weighted by Crippen LogP contribution is -2.38. The molecule has 0 aliphatic rings. The minimum absolute atomic E-state index is 0.0645. The molecule has 0 amide bonds. The van der Waals surface area contributed by atoms with E-state index in [9.17, 15) is 4.39 Å². The number of nitrogens with zero attached hydrogens (tertiary/aromatic N) is 2. The van der Waals surface area contributed by atoms with Crippen LogP contribution in [0.2, 0.25) is 0 Å². The van der Waals surface area contributed by atoms with E-state index in [1.807, 2.05) is 57.1 Å². The summed E-state index contributed by atoms with van der Waals surface area (Å²) in [6.45, 7) is 5.77. The highest BCUT2D eigenvalue weighted by Crippen LogP contribution is 2.29. The Labute approximate surface area is 179 Å². The lowest BCUT2D eigenvalue weighted by Gasteiger charge is -2.21. The zero-order valence-electron chi connectivity index (χ0n) is 18.8. The van der Waals surface area contributed by atoms with E-state index in [1.54, 1.807) is 20.3 Å². The highest BCUT2D eigenvalue weighted by atomic mass is 19.1. The highest BCUT2D eigenvalue weighted by Gasteiger charge is 2.14. The lowest BCUT2D eigenvalue weighted by atomic mass is 10.1. The number of rotatable bonds is 9. The van der Waals surface area contributed by atoms with Gasteiger partial charge < -0.3 is 25.0 Å². The molecule has 6 nitrogen and oxygen atoms in total. The quantitative estimate of drug-likeness (QED) is 0.482. The van der Waals surface area contributed by atoms with Crippen molar-refractivity contribution in [1.82, 2.24) is 15.5 Å². The zero-order valence-corrected chi connectivity index (χ0v) is 18.8. The number of halogens is 1. The van der Waals surface area contributed by atoms with Gasteiger partial charge in [-0.1, -0.05) is 6.07 Å². The van der Waals surface area contributed by atoms with Crippen molar-refractivity contribution in [2.24, 2.45) is 4.99 Å². The molecule has 1 unspecified atom stereocenters. The lowest BCUT2D eigenvalue weighted by molar-refractivity contribution is 0.392. The molecule has 0 aliphatic heterocycles. The summed E-state index contributed by atoms with van der Waals surface area (Å²) in [4.78, 5) is 6.63. The highest BCUT2D eigenvalue weighted by molar-refractivity contribution is 5.80. The van der Waals surface area contributed by atoms with Gasteiger partial charge >= 0.3 is 0 Å².